The Morgan fingerprint density at radius 1 is 1.56 bits per heavy atom. The molecule has 6 nitrogen and oxygen atoms in total. The average molecular weight is 223 g/mol. The van der Waals surface area contributed by atoms with Crippen LogP contribution in [0.15, 0.2) is 18.2 Å². The summed E-state index contributed by atoms with van der Waals surface area (Å²) >= 11 is 0. The lowest BCUT2D eigenvalue weighted by molar-refractivity contribution is -0.384. The van der Waals surface area contributed by atoms with E-state index >= 15 is 0 Å². The van der Waals surface area contributed by atoms with Gasteiger partial charge in [-0.05, 0) is 12.5 Å². The largest absolute Gasteiger partial charge is 0.398 e. The smallest absolute Gasteiger partial charge is 0.270 e. The van der Waals surface area contributed by atoms with Gasteiger partial charge < -0.3 is 11.1 Å². The molecule has 0 heterocycles. The molecule has 6 heteroatoms. The lowest BCUT2D eigenvalue weighted by Crippen LogP contribution is -2.25. The van der Waals surface area contributed by atoms with E-state index in [1.54, 1.807) is 0 Å². The third-order valence-electron chi connectivity index (χ3n) is 2.03. The number of carbonyl (C=O) groups excluding carboxylic acids is 1. The molecule has 0 aliphatic rings. The molecule has 0 saturated carbocycles. The van der Waals surface area contributed by atoms with E-state index in [9.17, 15) is 14.9 Å². The number of rotatable bonds is 4. The van der Waals surface area contributed by atoms with Gasteiger partial charge in [0.25, 0.3) is 11.6 Å². The molecule has 0 spiro atoms. The van der Waals surface area contributed by atoms with Crippen LogP contribution < -0.4 is 11.1 Å². The van der Waals surface area contributed by atoms with Crippen LogP contribution in [-0.2, 0) is 0 Å². The van der Waals surface area contributed by atoms with Crippen molar-refractivity contribution in [3.05, 3.63) is 33.9 Å². The number of nitrogens with one attached hydrogen (secondary N) is 1. The number of carbonyl (C=O) groups is 1. The molecule has 0 atom stereocenters. The predicted molar refractivity (Wildman–Crippen MR) is 60.1 cm³/mol. The van der Waals surface area contributed by atoms with Gasteiger partial charge in [0.15, 0.2) is 0 Å². The van der Waals surface area contributed by atoms with Gasteiger partial charge in [-0.2, -0.15) is 0 Å². The summed E-state index contributed by atoms with van der Waals surface area (Å²) in [6.07, 6.45) is 0.792. The number of nitro groups is 1. The molecular weight excluding hydrogens is 210 g/mol. The molecule has 3 N–H and O–H groups in total. The van der Waals surface area contributed by atoms with Crippen molar-refractivity contribution in [2.75, 3.05) is 12.3 Å². The van der Waals surface area contributed by atoms with Crippen molar-refractivity contribution in [1.29, 1.82) is 0 Å². The molecule has 86 valence electrons. The average Bonchev–Trinajstić information content (AvgIpc) is 2.26. The van der Waals surface area contributed by atoms with E-state index in [0.29, 0.717) is 6.54 Å². The van der Waals surface area contributed by atoms with Crippen molar-refractivity contribution < 1.29 is 9.72 Å². The second kappa shape index (κ2) is 5.11. The second-order valence-electron chi connectivity index (χ2n) is 3.28. The summed E-state index contributed by atoms with van der Waals surface area (Å²) in [6, 6.07) is 3.81. The highest BCUT2D eigenvalue weighted by molar-refractivity contribution is 5.99. The standard InChI is InChI=1S/C10H13N3O3/c1-2-5-12-10(14)8-6-7(13(15)16)3-4-9(8)11/h3-4,6H,2,5,11H2,1H3,(H,12,14). The number of amides is 1. The molecule has 1 rings (SSSR count). The molecule has 0 unspecified atom stereocenters. The zero-order valence-electron chi connectivity index (χ0n) is 8.90. The number of nitrogens with two attached hydrogens (primary N) is 1. The van der Waals surface area contributed by atoms with Crippen molar-refractivity contribution in [3.63, 3.8) is 0 Å². The minimum Gasteiger partial charge on any atom is -0.398 e. The Morgan fingerprint density at radius 3 is 2.81 bits per heavy atom. The summed E-state index contributed by atoms with van der Waals surface area (Å²) in [4.78, 5) is 21.6. The van der Waals surface area contributed by atoms with E-state index in [1.807, 2.05) is 6.92 Å². The molecule has 1 aromatic carbocycles. The van der Waals surface area contributed by atoms with Crippen LogP contribution in [0.5, 0.6) is 0 Å². The van der Waals surface area contributed by atoms with Crippen LogP contribution in [0.25, 0.3) is 0 Å². The summed E-state index contributed by atoms with van der Waals surface area (Å²) < 4.78 is 0. The molecule has 1 aromatic rings. The molecule has 0 fully saturated rings. The molecule has 0 bridgehead atoms. The van der Waals surface area contributed by atoms with Gasteiger partial charge in [0.1, 0.15) is 0 Å². The number of nitrogen functional groups attached to an aromatic ring is 1. The van der Waals surface area contributed by atoms with Gasteiger partial charge in [-0.3, -0.25) is 14.9 Å². The Kier molecular flexibility index (Phi) is 3.82. The maximum Gasteiger partial charge on any atom is 0.270 e. The Balaban J connectivity index is 2.97. The van der Waals surface area contributed by atoms with Crippen LogP contribution in [0.4, 0.5) is 11.4 Å². The van der Waals surface area contributed by atoms with E-state index in [2.05, 4.69) is 5.32 Å². The quantitative estimate of drug-likeness (QED) is 0.456. The minimum absolute atomic E-state index is 0.141. The first kappa shape index (κ1) is 12.0. The van der Waals surface area contributed by atoms with E-state index in [1.165, 1.54) is 18.2 Å². The van der Waals surface area contributed by atoms with Crippen molar-refractivity contribution in [3.8, 4) is 0 Å². The fourth-order valence-electron chi connectivity index (χ4n) is 1.19. The van der Waals surface area contributed by atoms with Crippen LogP contribution in [0.1, 0.15) is 23.7 Å². The fourth-order valence-corrected chi connectivity index (χ4v) is 1.19. The van der Waals surface area contributed by atoms with Gasteiger partial charge >= 0.3 is 0 Å². The first-order chi connectivity index (χ1) is 7.56. The number of nitrogens with zero attached hydrogens (tertiary/aromatic N) is 1. The summed E-state index contributed by atoms with van der Waals surface area (Å²) in [5.41, 5.74) is 5.81. The number of non-ortho nitro benzene ring substituents is 1. The second-order valence-corrected chi connectivity index (χ2v) is 3.28. The summed E-state index contributed by atoms with van der Waals surface area (Å²) in [6.45, 7) is 2.43. The Labute approximate surface area is 92.6 Å². The first-order valence-electron chi connectivity index (χ1n) is 4.88. The summed E-state index contributed by atoms with van der Waals surface area (Å²) in [5, 5.41) is 13.1. The zero-order valence-corrected chi connectivity index (χ0v) is 8.90. The normalized spacial score (nSPS) is 9.81. The highest BCUT2D eigenvalue weighted by Crippen LogP contribution is 2.19. The molecule has 0 saturated heterocycles. The van der Waals surface area contributed by atoms with Crippen molar-refractivity contribution in [2.24, 2.45) is 0 Å². The van der Waals surface area contributed by atoms with Crippen molar-refractivity contribution >= 4 is 17.3 Å². The molecule has 1 amide bonds. The Hall–Kier alpha value is -2.11. The molecule has 16 heavy (non-hydrogen) atoms. The molecule has 0 aliphatic carbocycles. The predicted octanol–water partition coefficient (Wildman–Crippen LogP) is 1.32. The van der Waals surface area contributed by atoms with E-state index in [0.717, 1.165) is 6.42 Å². The zero-order chi connectivity index (χ0) is 12.1. The van der Waals surface area contributed by atoms with Gasteiger partial charge in [-0.1, -0.05) is 6.92 Å². The molecule has 0 aliphatic heterocycles. The van der Waals surface area contributed by atoms with Gasteiger partial charge in [0, 0.05) is 24.4 Å². The van der Waals surface area contributed by atoms with Crippen LogP contribution >= 0.6 is 0 Å². The first-order valence-corrected chi connectivity index (χ1v) is 4.88. The molecular formula is C10H13N3O3. The SMILES string of the molecule is CCCNC(=O)c1cc([N+](=O)[O-])ccc1N. The maximum atomic E-state index is 11.6. The molecule has 0 aromatic heterocycles. The van der Waals surface area contributed by atoms with Crippen LogP contribution in [0.2, 0.25) is 0 Å². The fraction of sp³-hybridized carbons (Fsp3) is 0.300. The number of hydrogen-bond acceptors (Lipinski definition) is 4. The van der Waals surface area contributed by atoms with E-state index < -0.39 is 4.92 Å². The lowest BCUT2D eigenvalue weighted by Gasteiger charge is -2.05. The Morgan fingerprint density at radius 2 is 2.25 bits per heavy atom. The third-order valence-corrected chi connectivity index (χ3v) is 2.03. The summed E-state index contributed by atoms with van der Waals surface area (Å²) in [5.74, 6) is -0.386. The highest BCUT2D eigenvalue weighted by Gasteiger charge is 2.14. The minimum atomic E-state index is -0.559. The van der Waals surface area contributed by atoms with Gasteiger partial charge in [-0.15, -0.1) is 0 Å². The van der Waals surface area contributed by atoms with Gasteiger partial charge in [0.05, 0.1) is 10.5 Å². The van der Waals surface area contributed by atoms with Crippen LogP contribution in [0, 0.1) is 10.1 Å². The number of hydrogen-bond donors (Lipinski definition) is 2. The number of anilines is 1. The Bertz CT molecular complexity index is 418. The van der Waals surface area contributed by atoms with Crippen molar-refractivity contribution in [2.45, 2.75) is 13.3 Å². The van der Waals surface area contributed by atoms with Crippen LogP contribution in [-0.4, -0.2) is 17.4 Å². The third kappa shape index (κ3) is 2.69. The van der Waals surface area contributed by atoms with E-state index in [-0.39, 0.29) is 22.8 Å². The number of nitro benzene ring substituents is 1. The monoisotopic (exact) mass is 223 g/mol. The lowest BCUT2D eigenvalue weighted by atomic mass is 10.1. The van der Waals surface area contributed by atoms with Crippen LogP contribution in [0.3, 0.4) is 0 Å². The highest BCUT2D eigenvalue weighted by atomic mass is 16.6. The van der Waals surface area contributed by atoms with Gasteiger partial charge in [-0.25, -0.2) is 0 Å². The topological polar surface area (TPSA) is 98.3 Å². The van der Waals surface area contributed by atoms with E-state index in [4.69, 9.17) is 5.73 Å². The van der Waals surface area contributed by atoms with Crippen molar-refractivity contribution in [1.82, 2.24) is 5.32 Å². The summed E-state index contributed by atoms with van der Waals surface area (Å²) in [7, 11) is 0. The maximum absolute atomic E-state index is 11.6. The molecule has 0 radical (unpaired) electrons. The van der Waals surface area contributed by atoms with Gasteiger partial charge in [0.2, 0.25) is 0 Å². The number of benzene rings is 1.